The van der Waals surface area contributed by atoms with Crippen molar-refractivity contribution >= 4 is 10.0 Å². The molecule has 0 aromatic carbocycles. The first-order valence-electron chi connectivity index (χ1n) is 8.95. The summed E-state index contributed by atoms with van der Waals surface area (Å²) in [5.41, 5.74) is -0.339. The molecule has 1 aliphatic heterocycles. The summed E-state index contributed by atoms with van der Waals surface area (Å²) >= 11 is 0. The van der Waals surface area contributed by atoms with Crippen LogP contribution >= 0.6 is 0 Å². The highest BCUT2D eigenvalue weighted by Crippen LogP contribution is 2.51. The Bertz CT molecular complexity index is 872. The summed E-state index contributed by atoms with van der Waals surface area (Å²) in [6.07, 6.45) is 7.71. The fourth-order valence-corrected chi connectivity index (χ4v) is 5.89. The molecule has 25 heavy (non-hydrogen) atoms. The largest absolute Gasteiger partial charge is 0.452 e. The number of sulfonamides is 1. The third-order valence-electron chi connectivity index (χ3n) is 5.99. The first kappa shape index (κ1) is 15.6. The number of rotatable bonds is 5. The van der Waals surface area contributed by atoms with E-state index in [2.05, 4.69) is 10.1 Å². The van der Waals surface area contributed by atoms with Gasteiger partial charge in [-0.25, -0.2) is 8.42 Å². The SMILES string of the molecule is O=S(=O)(c1ccco1)N1C[C@H]2CCC[C@@]2(c2nc(CC3CC3)no2)C1. The molecule has 2 saturated carbocycles. The van der Waals surface area contributed by atoms with Gasteiger partial charge in [0.25, 0.3) is 10.0 Å². The van der Waals surface area contributed by atoms with E-state index in [0.29, 0.717) is 24.9 Å². The van der Waals surface area contributed by atoms with Crippen LogP contribution in [-0.2, 0) is 21.9 Å². The van der Waals surface area contributed by atoms with E-state index in [4.69, 9.17) is 8.94 Å². The van der Waals surface area contributed by atoms with Crippen molar-refractivity contribution in [1.82, 2.24) is 14.4 Å². The molecule has 8 heteroatoms. The van der Waals surface area contributed by atoms with Gasteiger partial charge in [0.1, 0.15) is 0 Å². The maximum absolute atomic E-state index is 12.8. The quantitative estimate of drug-likeness (QED) is 0.810. The second kappa shape index (κ2) is 5.41. The summed E-state index contributed by atoms with van der Waals surface area (Å²) in [6, 6.07) is 3.10. The molecule has 0 spiro atoms. The number of furan rings is 1. The predicted molar refractivity (Wildman–Crippen MR) is 87.2 cm³/mol. The van der Waals surface area contributed by atoms with Gasteiger partial charge in [-0.2, -0.15) is 9.29 Å². The third-order valence-corrected chi connectivity index (χ3v) is 7.69. The molecular formula is C17H21N3O4S. The maximum atomic E-state index is 12.8. The van der Waals surface area contributed by atoms with Gasteiger partial charge < -0.3 is 8.94 Å². The van der Waals surface area contributed by atoms with Gasteiger partial charge in [-0.15, -0.1) is 0 Å². The van der Waals surface area contributed by atoms with Gasteiger partial charge in [-0.05, 0) is 49.7 Å². The lowest BCUT2D eigenvalue weighted by Gasteiger charge is -2.23. The van der Waals surface area contributed by atoms with Crippen molar-refractivity contribution in [2.75, 3.05) is 13.1 Å². The first-order chi connectivity index (χ1) is 12.1. The summed E-state index contributed by atoms with van der Waals surface area (Å²) in [7, 11) is -3.61. The monoisotopic (exact) mass is 363 g/mol. The van der Waals surface area contributed by atoms with Gasteiger partial charge >= 0.3 is 0 Å². The first-order valence-corrected chi connectivity index (χ1v) is 10.4. The summed E-state index contributed by atoms with van der Waals surface area (Å²) < 4.78 is 38.0. The Morgan fingerprint density at radius 3 is 2.96 bits per heavy atom. The molecule has 0 N–H and O–H groups in total. The van der Waals surface area contributed by atoms with E-state index in [1.54, 1.807) is 6.07 Å². The number of hydrogen-bond acceptors (Lipinski definition) is 6. The van der Waals surface area contributed by atoms with Gasteiger partial charge in [0.15, 0.2) is 5.82 Å². The molecule has 2 aliphatic carbocycles. The maximum Gasteiger partial charge on any atom is 0.276 e. The lowest BCUT2D eigenvalue weighted by molar-refractivity contribution is 0.260. The van der Waals surface area contributed by atoms with Crippen LogP contribution in [0.4, 0.5) is 0 Å². The van der Waals surface area contributed by atoms with E-state index in [1.807, 2.05) is 0 Å². The van der Waals surface area contributed by atoms with Crippen LogP contribution in [0.15, 0.2) is 32.4 Å². The molecular weight excluding hydrogens is 342 g/mol. The van der Waals surface area contributed by atoms with Crippen molar-refractivity contribution < 1.29 is 17.4 Å². The van der Waals surface area contributed by atoms with Crippen LogP contribution in [0, 0.1) is 11.8 Å². The minimum absolute atomic E-state index is 0.00238. The Kier molecular flexibility index (Phi) is 3.37. The van der Waals surface area contributed by atoms with Crippen LogP contribution in [0.1, 0.15) is 43.8 Å². The Labute approximate surface area is 146 Å². The van der Waals surface area contributed by atoms with Crippen LogP contribution < -0.4 is 0 Å². The zero-order chi connectivity index (χ0) is 17.1. The van der Waals surface area contributed by atoms with Gasteiger partial charge in [-0.3, -0.25) is 0 Å². The highest BCUT2D eigenvalue weighted by molar-refractivity contribution is 7.89. The van der Waals surface area contributed by atoms with E-state index in [-0.39, 0.29) is 16.4 Å². The third kappa shape index (κ3) is 2.45. The van der Waals surface area contributed by atoms with Crippen molar-refractivity contribution in [3.63, 3.8) is 0 Å². The highest BCUT2D eigenvalue weighted by Gasteiger charge is 2.57. The number of fused-ring (bicyclic) bond motifs is 1. The average molecular weight is 363 g/mol. The number of aromatic nitrogens is 2. The second-order valence-electron chi connectivity index (χ2n) is 7.64. The van der Waals surface area contributed by atoms with Gasteiger partial charge in [0.2, 0.25) is 11.0 Å². The summed E-state index contributed by atoms with van der Waals surface area (Å²) in [5.74, 6) is 2.32. The molecule has 0 unspecified atom stereocenters. The molecule has 5 rings (SSSR count). The Balaban J connectivity index is 1.45. The minimum Gasteiger partial charge on any atom is -0.452 e. The fraction of sp³-hybridized carbons (Fsp3) is 0.647. The molecule has 0 radical (unpaired) electrons. The van der Waals surface area contributed by atoms with Crippen molar-refractivity contribution in [3.05, 3.63) is 30.1 Å². The summed E-state index contributed by atoms with van der Waals surface area (Å²) in [6.45, 7) is 0.884. The summed E-state index contributed by atoms with van der Waals surface area (Å²) in [4.78, 5) is 4.66. The highest BCUT2D eigenvalue weighted by atomic mass is 32.2. The minimum atomic E-state index is -3.61. The Morgan fingerprint density at radius 1 is 1.32 bits per heavy atom. The van der Waals surface area contributed by atoms with Crippen LogP contribution in [-0.4, -0.2) is 36.0 Å². The number of hydrogen-bond donors (Lipinski definition) is 0. The van der Waals surface area contributed by atoms with Crippen LogP contribution in [0.2, 0.25) is 0 Å². The lowest BCUT2D eigenvalue weighted by atomic mass is 9.80. The molecule has 2 aromatic heterocycles. The van der Waals surface area contributed by atoms with E-state index < -0.39 is 10.0 Å². The van der Waals surface area contributed by atoms with Crippen molar-refractivity contribution in [2.24, 2.45) is 11.8 Å². The Morgan fingerprint density at radius 2 is 2.20 bits per heavy atom. The smallest absolute Gasteiger partial charge is 0.276 e. The van der Waals surface area contributed by atoms with Crippen LogP contribution in [0.25, 0.3) is 0 Å². The van der Waals surface area contributed by atoms with E-state index in [1.165, 1.54) is 29.5 Å². The standard InChI is InChI=1S/C17H21N3O4S/c21-25(22,15-4-2-8-23-15)20-10-13-3-1-7-17(13,11-20)16-18-14(19-24-16)9-12-5-6-12/h2,4,8,12-13H,1,3,5-7,9-11H2/t13-,17-/m1/s1. The van der Waals surface area contributed by atoms with Gasteiger partial charge in [0, 0.05) is 19.5 Å². The topological polar surface area (TPSA) is 89.4 Å². The van der Waals surface area contributed by atoms with Crippen molar-refractivity contribution in [1.29, 1.82) is 0 Å². The molecule has 0 bridgehead atoms. The van der Waals surface area contributed by atoms with E-state index in [0.717, 1.165) is 31.5 Å². The fourth-order valence-electron chi connectivity index (χ4n) is 4.43. The van der Waals surface area contributed by atoms with Gasteiger partial charge in [-0.1, -0.05) is 11.6 Å². The molecule has 0 amide bonds. The molecule has 3 aliphatic rings. The molecule has 3 fully saturated rings. The van der Waals surface area contributed by atoms with Crippen molar-refractivity contribution in [2.45, 2.75) is 49.0 Å². The van der Waals surface area contributed by atoms with E-state index >= 15 is 0 Å². The normalized spacial score (nSPS) is 30.0. The number of nitrogens with zero attached hydrogens (tertiary/aromatic N) is 3. The molecule has 134 valence electrons. The Hall–Kier alpha value is -1.67. The van der Waals surface area contributed by atoms with E-state index in [9.17, 15) is 8.42 Å². The molecule has 7 nitrogen and oxygen atoms in total. The zero-order valence-electron chi connectivity index (χ0n) is 13.9. The van der Waals surface area contributed by atoms with Crippen LogP contribution in [0.3, 0.4) is 0 Å². The van der Waals surface area contributed by atoms with Crippen molar-refractivity contribution in [3.8, 4) is 0 Å². The van der Waals surface area contributed by atoms with Gasteiger partial charge in [0.05, 0.1) is 11.7 Å². The molecule has 2 aromatic rings. The lowest BCUT2D eigenvalue weighted by Crippen LogP contribution is -2.34. The summed E-state index contributed by atoms with van der Waals surface area (Å²) in [5, 5.41) is 4.16. The molecule has 1 saturated heterocycles. The molecule has 3 heterocycles. The zero-order valence-corrected chi connectivity index (χ0v) is 14.7. The average Bonchev–Trinajstić information content (AvgIpc) is 3.06. The predicted octanol–water partition coefficient (Wildman–Crippen LogP) is 2.36. The van der Waals surface area contributed by atoms with Crippen LogP contribution in [0.5, 0.6) is 0 Å². The molecule has 2 atom stereocenters. The second-order valence-corrected chi connectivity index (χ2v) is 9.51.